The zero-order valence-corrected chi connectivity index (χ0v) is 16.3. The number of rotatable bonds is 3. The lowest BCUT2D eigenvalue weighted by atomic mass is 9.96. The Hall–Kier alpha value is -1.40. The molecule has 26 heavy (non-hydrogen) atoms. The lowest BCUT2D eigenvalue weighted by Gasteiger charge is -2.22. The molecule has 2 aliphatic rings. The average Bonchev–Trinajstić information content (AvgIpc) is 3.33. The molecule has 2 atom stereocenters. The Labute approximate surface area is 159 Å². The molecule has 0 saturated carbocycles. The van der Waals surface area contributed by atoms with Crippen LogP contribution in [-0.4, -0.2) is 36.9 Å². The van der Waals surface area contributed by atoms with Crippen molar-refractivity contribution in [3.63, 3.8) is 0 Å². The summed E-state index contributed by atoms with van der Waals surface area (Å²) in [6.45, 7) is 2.63. The molecule has 0 radical (unpaired) electrons. The molecule has 0 amide bonds. The fourth-order valence-electron chi connectivity index (χ4n) is 3.64. The highest BCUT2D eigenvalue weighted by Crippen LogP contribution is 2.44. The van der Waals surface area contributed by atoms with E-state index in [0.29, 0.717) is 23.9 Å². The van der Waals surface area contributed by atoms with Crippen LogP contribution in [0, 0.1) is 6.92 Å². The van der Waals surface area contributed by atoms with Gasteiger partial charge in [-0.1, -0.05) is 42.0 Å². The van der Waals surface area contributed by atoms with Crippen molar-refractivity contribution in [3.05, 3.63) is 65.2 Å². The monoisotopic (exact) mass is 391 g/mol. The molecule has 0 unspecified atom stereocenters. The summed E-state index contributed by atoms with van der Waals surface area (Å²) in [4.78, 5) is 0.317. The van der Waals surface area contributed by atoms with Crippen molar-refractivity contribution in [3.8, 4) is 0 Å². The molecule has 0 spiro atoms. The van der Waals surface area contributed by atoms with E-state index in [0.717, 1.165) is 29.5 Å². The Morgan fingerprint density at radius 1 is 1.15 bits per heavy atom. The van der Waals surface area contributed by atoms with Gasteiger partial charge in [-0.05, 0) is 43.0 Å². The zero-order valence-electron chi connectivity index (χ0n) is 14.7. The SMILES string of the molecule is Cc1ccc(S(=O)(=O)N2Cc3ccccc3CC[C@@]3(CCl)O[C@H]3C2)cc1. The number of benzene rings is 2. The molecule has 4 nitrogen and oxygen atoms in total. The van der Waals surface area contributed by atoms with E-state index < -0.39 is 15.6 Å². The molecular formula is C20H22ClNO3S. The first-order valence-electron chi connectivity index (χ1n) is 8.82. The highest BCUT2D eigenvalue weighted by atomic mass is 35.5. The molecule has 0 aromatic heterocycles. The molecule has 0 N–H and O–H groups in total. The normalized spacial score (nSPS) is 26.2. The van der Waals surface area contributed by atoms with E-state index in [1.54, 1.807) is 16.4 Å². The van der Waals surface area contributed by atoms with E-state index >= 15 is 0 Å². The zero-order chi connectivity index (χ0) is 18.4. The second-order valence-corrected chi connectivity index (χ2v) is 9.39. The van der Waals surface area contributed by atoms with Gasteiger partial charge < -0.3 is 4.74 Å². The number of hydrogen-bond acceptors (Lipinski definition) is 3. The molecule has 2 aromatic carbocycles. The first-order chi connectivity index (χ1) is 12.4. The Balaban J connectivity index is 1.73. The molecule has 1 fully saturated rings. The van der Waals surface area contributed by atoms with E-state index in [9.17, 15) is 8.42 Å². The van der Waals surface area contributed by atoms with Crippen molar-refractivity contribution < 1.29 is 13.2 Å². The minimum Gasteiger partial charge on any atom is -0.363 e. The smallest absolute Gasteiger partial charge is 0.243 e. The maximum Gasteiger partial charge on any atom is 0.243 e. The summed E-state index contributed by atoms with van der Waals surface area (Å²) in [5.41, 5.74) is 2.84. The van der Waals surface area contributed by atoms with Gasteiger partial charge in [-0.2, -0.15) is 4.31 Å². The quantitative estimate of drug-likeness (QED) is 0.594. The highest BCUT2D eigenvalue weighted by Gasteiger charge is 2.56. The summed E-state index contributed by atoms with van der Waals surface area (Å²) in [5, 5.41) is 0. The largest absolute Gasteiger partial charge is 0.363 e. The first kappa shape index (κ1) is 18.0. The number of alkyl halides is 1. The van der Waals surface area contributed by atoms with Crippen molar-refractivity contribution >= 4 is 21.6 Å². The Morgan fingerprint density at radius 2 is 1.85 bits per heavy atom. The molecule has 2 heterocycles. The molecular weight excluding hydrogens is 370 g/mol. The fourth-order valence-corrected chi connectivity index (χ4v) is 5.43. The molecule has 138 valence electrons. The molecule has 1 saturated heterocycles. The van der Waals surface area contributed by atoms with Gasteiger partial charge in [-0.3, -0.25) is 0 Å². The number of epoxide rings is 1. The summed E-state index contributed by atoms with van der Waals surface area (Å²) < 4.78 is 34.0. The standard InChI is InChI=1S/C20H22ClNO3S/c1-15-6-8-18(9-7-15)26(23,24)22-12-17-5-3-2-4-16(17)10-11-20(14-21)19(13-22)25-20/h2-9,19H,10-14H2,1H3/t19-,20-/m0/s1. The van der Waals surface area contributed by atoms with Crippen molar-refractivity contribution in [2.45, 2.75) is 42.9 Å². The number of nitrogens with zero attached hydrogens (tertiary/aromatic N) is 1. The molecule has 0 bridgehead atoms. The molecule has 2 aliphatic heterocycles. The van der Waals surface area contributed by atoms with Crippen LogP contribution in [0.1, 0.15) is 23.1 Å². The van der Waals surface area contributed by atoms with Crippen molar-refractivity contribution in [1.82, 2.24) is 4.31 Å². The molecule has 2 aromatic rings. The van der Waals surface area contributed by atoms with Gasteiger partial charge in [0.25, 0.3) is 0 Å². The summed E-state index contributed by atoms with van der Waals surface area (Å²) in [6.07, 6.45) is 1.52. The van der Waals surface area contributed by atoms with Gasteiger partial charge in [0, 0.05) is 13.1 Å². The van der Waals surface area contributed by atoms with Gasteiger partial charge in [-0.15, -0.1) is 11.6 Å². The summed E-state index contributed by atoms with van der Waals surface area (Å²) in [7, 11) is -3.61. The third-order valence-corrected chi connectivity index (χ3v) is 7.72. The molecule has 0 aliphatic carbocycles. The van der Waals surface area contributed by atoms with Crippen LogP contribution < -0.4 is 0 Å². The maximum atomic E-state index is 13.3. The third-order valence-electron chi connectivity index (χ3n) is 5.44. The van der Waals surface area contributed by atoms with E-state index in [1.165, 1.54) is 0 Å². The Bertz CT molecular complexity index is 913. The van der Waals surface area contributed by atoms with Crippen LogP contribution in [0.25, 0.3) is 0 Å². The van der Waals surface area contributed by atoms with Crippen LogP contribution in [0.4, 0.5) is 0 Å². The van der Waals surface area contributed by atoms with Crippen LogP contribution in [0.5, 0.6) is 0 Å². The number of fused-ring (bicyclic) bond motifs is 2. The minimum absolute atomic E-state index is 0.144. The summed E-state index contributed by atoms with van der Waals surface area (Å²) in [5.74, 6) is 0.387. The first-order valence-corrected chi connectivity index (χ1v) is 10.8. The van der Waals surface area contributed by atoms with Crippen LogP contribution in [0.3, 0.4) is 0 Å². The number of ether oxygens (including phenoxy) is 1. The third kappa shape index (κ3) is 3.18. The average molecular weight is 392 g/mol. The second-order valence-electron chi connectivity index (χ2n) is 7.18. The molecule has 4 rings (SSSR count). The topological polar surface area (TPSA) is 49.9 Å². The summed E-state index contributed by atoms with van der Waals surface area (Å²) >= 11 is 6.17. The number of aryl methyl sites for hydroxylation is 2. The lowest BCUT2D eigenvalue weighted by Crippen LogP contribution is -2.35. The van der Waals surface area contributed by atoms with Gasteiger partial charge >= 0.3 is 0 Å². The van der Waals surface area contributed by atoms with Gasteiger partial charge in [0.1, 0.15) is 11.7 Å². The predicted octanol–water partition coefficient (Wildman–Crippen LogP) is 3.51. The second kappa shape index (κ2) is 6.64. The van der Waals surface area contributed by atoms with Gasteiger partial charge in [0.2, 0.25) is 10.0 Å². The Morgan fingerprint density at radius 3 is 2.54 bits per heavy atom. The fraction of sp³-hybridized carbons (Fsp3) is 0.400. The van der Waals surface area contributed by atoms with E-state index in [-0.39, 0.29) is 6.10 Å². The van der Waals surface area contributed by atoms with Crippen LogP contribution in [-0.2, 0) is 27.7 Å². The van der Waals surface area contributed by atoms with Gasteiger partial charge in [0.05, 0.1) is 10.8 Å². The highest BCUT2D eigenvalue weighted by molar-refractivity contribution is 7.89. The number of halogens is 1. The van der Waals surface area contributed by atoms with Crippen LogP contribution >= 0.6 is 11.6 Å². The van der Waals surface area contributed by atoms with Crippen LogP contribution in [0.2, 0.25) is 0 Å². The minimum atomic E-state index is -3.61. The van der Waals surface area contributed by atoms with E-state index in [1.807, 2.05) is 37.3 Å². The number of sulfonamides is 1. The van der Waals surface area contributed by atoms with E-state index in [2.05, 4.69) is 6.07 Å². The van der Waals surface area contributed by atoms with Gasteiger partial charge in [-0.25, -0.2) is 8.42 Å². The Kier molecular flexibility index (Phi) is 4.59. The van der Waals surface area contributed by atoms with E-state index in [4.69, 9.17) is 16.3 Å². The predicted molar refractivity (Wildman–Crippen MR) is 102 cm³/mol. The van der Waals surface area contributed by atoms with Crippen molar-refractivity contribution in [2.75, 3.05) is 12.4 Å². The lowest BCUT2D eigenvalue weighted by molar-refractivity contribution is 0.281. The van der Waals surface area contributed by atoms with Crippen molar-refractivity contribution in [2.24, 2.45) is 0 Å². The van der Waals surface area contributed by atoms with Crippen molar-refractivity contribution in [1.29, 1.82) is 0 Å². The molecule has 6 heteroatoms. The maximum absolute atomic E-state index is 13.3. The number of hydrogen-bond donors (Lipinski definition) is 0. The summed E-state index contributed by atoms with van der Waals surface area (Å²) in [6, 6.07) is 15.0. The van der Waals surface area contributed by atoms with Crippen LogP contribution in [0.15, 0.2) is 53.4 Å². The van der Waals surface area contributed by atoms with Gasteiger partial charge in [0.15, 0.2) is 0 Å².